The van der Waals surface area contributed by atoms with Gasteiger partial charge in [0, 0.05) is 25.2 Å². The fourth-order valence-corrected chi connectivity index (χ4v) is 1.86. The summed E-state index contributed by atoms with van der Waals surface area (Å²) in [4.78, 5) is 34.6. The van der Waals surface area contributed by atoms with Gasteiger partial charge in [-0.1, -0.05) is 0 Å². The molecule has 0 fully saturated rings. The number of nitro groups is 1. The summed E-state index contributed by atoms with van der Waals surface area (Å²) in [6.45, 7) is 0.176. The topological polar surface area (TPSA) is 89.8 Å². The number of carbonyl (C=O) groups excluding carboxylic acids is 2. The van der Waals surface area contributed by atoms with Crippen LogP contribution in [0.3, 0.4) is 0 Å². The molecule has 0 aliphatic rings. The maximum Gasteiger partial charge on any atom is 0.307 e. The number of carbonyl (C=O) groups is 2. The van der Waals surface area contributed by atoms with Crippen molar-refractivity contribution in [3.63, 3.8) is 0 Å². The highest BCUT2D eigenvalue weighted by molar-refractivity contribution is 9.10. The van der Waals surface area contributed by atoms with Gasteiger partial charge >= 0.3 is 5.97 Å². The molecule has 108 valence electrons. The summed E-state index contributed by atoms with van der Waals surface area (Å²) < 4.78 is 4.78. The van der Waals surface area contributed by atoms with Crippen molar-refractivity contribution in [1.82, 2.24) is 4.90 Å². The van der Waals surface area contributed by atoms with Crippen molar-refractivity contribution in [3.05, 3.63) is 38.3 Å². The molecule has 0 aliphatic carbocycles. The van der Waals surface area contributed by atoms with E-state index in [0.717, 1.165) is 0 Å². The lowest BCUT2D eigenvalue weighted by Crippen LogP contribution is -2.29. The van der Waals surface area contributed by atoms with E-state index >= 15 is 0 Å². The van der Waals surface area contributed by atoms with Crippen molar-refractivity contribution >= 4 is 33.5 Å². The molecule has 0 saturated heterocycles. The van der Waals surface area contributed by atoms with E-state index in [1.807, 2.05) is 0 Å². The summed E-state index contributed by atoms with van der Waals surface area (Å²) in [6.07, 6.45) is 0.0668. The van der Waals surface area contributed by atoms with Gasteiger partial charge in [0.2, 0.25) is 0 Å². The zero-order chi connectivity index (χ0) is 15.3. The number of ether oxygens (including phenoxy) is 1. The molecule has 0 saturated carbocycles. The first-order valence-electron chi connectivity index (χ1n) is 5.63. The minimum absolute atomic E-state index is 0.0668. The second-order valence-corrected chi connectivity index (χ2v) is 4.83. The van der Waals surface area contributed by atoms with E-state index in [-0.39, 0.29) is 24.2 Å². The number of amides is 1. The van der Waals surface area contributed by atoms with E-state index in [9.17, 15) is 19.7 Å². The van der Waals surface area contributed by atoms with Gasteiger partial charge in [-0.3, -0.25) is 19.7 Å². The Kier molecular flexibility index (Phi) is 5.63. The molecule has 0 aromatic heterocycles. The Labute approximate surface area is 123 Å². The molecule has 0 heterocycles. The lowest BCUT2D eigenvalue weighted by molar-refractivity contribution is -0.385. The van der Waals surface area contributed by atoms with Crippen LogP contribution in [0.25, 0.3) is 0 Å². The van der Waals surface area contributed by atoms with Gasteiger partial charge in [-0.05, 0) is 28.1 Å². The molecule has 0 N–H and O–H groups in total. The molecule has 1 amide bonds. The van der Waals surface area contributed by atoms with Crippen LogP contribution in [0.2, 0.25) is 0 Å². The lowest BCUT2D eigenvalue weighted by Gasteiger charge is -2.16. The van der Waals surface area contributed by atoms with Gasteiger partial charge in [-0.2, -0.15) is 0 Å². The van der Waals surface area contributed by atoms with Crippen molar-refractivity contribution in [2.24, 2.45) is 0 Å². The molecule has 0 radical (unpaired) electrons. The molecule has 0 bridgehead atoms. The monoisotopic (exact) mass is 344 g/mol. The Hall–Kier alpha value is -1.96. The number of benzene rings is 1. The molecule has 8 heteroatoms. The SMILES string of the molecule is COC(=O)CCN(C)C(=O)c1ccc(Br)c([N+](=O)[O-])c1. The Bertz CT molecular complexity index is 547. The molecule has 1 aromatic carbocycles. The fourth-order valence-electron chi connectivity index (χ4n) is 1.47. The highest BCUT2D eigenvalue weighted by atomic mass is 79.9. The van der Waals surface area contributed by atoms with Crippen LogP contribution in [0, 0.1) is 10.1 Å². The van der Waals surface area contributed by atoms with E-state index in [4.69, 9.17) is 0 Å². The van der Waals surface area contributed by atoms with Gasteiger partial charge in [0.15, 0.2) is 0 Å². The second-order valence-electron chi connectivity index (χ2n) is 3.98. The summed E-state index contributed by atoms with van der Waals surface area (Å²) in [6, 6.07) is 4.12. The molecule has 0 aliphatic heterocycles. The van der Waals surface area contributed by atoms with Crippen LogP contribution in [0.5, 0.6) is 0 Å². The number of hydrogen-bond acceptors (Lipinski definition) is 5. The van der Waals surface area contributed by atoms with E-state index in [1.54, 1.807) is 0 Å². The zero-order valence-corrected chi connectivity index (χ0v) is 12.5. The zero-order valence-electron chi connectivity index (χ0n) is 11.0. The first-order valence-corrected chi connectivity index (χ1v) is 6.42. The Balaban J connectivity index is 2.84. The maximum atomic E-state index is 12.1. The third kappa shape index (κ3) is 4.02. The smallest absolute Gasteiger partial charge is 0.307 e. The Morgan fingerprint density at radius 3 is 2.65 bits per heavy atom. The number of nitro benzene ring substituents is 1. The van der Waals surface area contributed by atoms with Crippen molar-refractivity contribution < 1.29 is 19.2 Å². The molecule has 0 unspecified atom stereocenters. The third-order valence-electron chi connectivity index (χ3n) is 2.62. The maximum absolute atomic E-state index is 12.1. The van der Waals surface area contributed by atoms with Crippen LogP contribution in [0.15, 0.2) is 22.7 Å². The summed E-state index contributed by atoms with van der Waals surface area (Å²) >= 11 is 3.05. The highest BCUT2D eigenvalue weighted by Crippen LogP contribution is 2.26. The summed E-state index contributed by atoms with van der Waals surface area (Å²) in [7, 11) is 2.78. The van der Waals surface area contributed by atoms with Gasteiger partial charge in [0.05, 0.1) is 22.9 Å². The molecule has 20 heavy (non-hydrogen) atoms. The molecule has 7 nitrogen and oxygen atoms in total. The van der Waals surface area contributed by atoms with Crippen molar-refractivity contribution in [3.8, 4) is 0 Å². The number of halogens is 1. The first kappa shape index (κ1) is 16.1. The minimum atomic E-state index is -0.574. The normalized spacial score (nSPS) is 9.95. The second kappa shape index (κ2) is 6.99. The number of methoxy groups -OCH3 is 1. The Morgan fingerprint density at radius 1 is 1.45 bits per heavy atom. The van der Waals surface area contributed by atoms with Crippen LogP contribution in [-0.4, -0.2) is 42.4 Å². The standard InChI is InChI=1S/C12H13BrN2O5/c1-14(6-5-11(16)20-2)12(17)8-3-4-9(13)10(7-8)15(18)19/h3-4,7H,5-6H2,1-2H3. The molecule has 0 spiro atoms. The first-order chi connectivity index (χ1) is 9.36. The summed E-state index contributed by atoms with van der Waals surface area (Å²) in [5.41, 5.74) is 0.00415. The van der Waals surface area contributed by atoms with E-state index in [2.05, 4.69) is 20.7 Å². The summed E-state index contributed by atoms with van der Waals surface area (Å²) in [5.74, 6) is -0.823. The average molecular weight is 345 g/mol. The lowest BCUT2D eigenvalue weighted by atomic mass is 10.2. The van der Waals surface area contributed by atoms with Gasteiger partial charge in [-0.15, -0.1) is 0 Å². The van der Waals surface area contributed by atoms with Crippen LogP contribution in [-0.2, 0) is 9.53 Å². The third-order valence-corrected chi connectivity index (χ3v) is 3.29. The van der Waals surface area contributed by atoms with Crippen molar-refractivity contribution in [1.29, 1.82) is 0 Å². The number of rotatable bonds is 5. The number of nitrogens with zero attached hydrogens (tertiary/aromatic N) is 2. The fraction of sp³-hybridized carbons (Fsp3) is 0.333. The van der Waals surface area contributed by atoms with E-state index < -0.39 is 16.8 Å². The van der Waals surface area contributed by atoms with E-state index in [1.165, 1.54) is 37.3 Å². The minimum Gasteiger partial charge on any atom is -0.469 e. The van der Waals surface area contributed by atoms with Crippen LogP contribution in [0.4, 0.5) is 5.69 Å². The molecular weight excluding hydrogens is 332 g/mol. The number of esters is 1. The predicted octanol–water partition coefficient (Wildman–Crippen LogP) is 1.99. The van der Waals surface area contributed by atoms with Gasteiger partial charge in [-0.25, -0.2) is 0 Å². The molecular formula is C12H13BrN2O5. The van der Waals surface area contributed by atoms with Gasteiger partial charge in [0.25, 0.3) is 11.6 Å². The largest absolute Gasteiger partial charge is 0.469 e. The number of hydrogen-bond donors (Lipinski definition) is 0. The van der Waals surface area contributed by atoms with Crippen LogP contribution in [0.1, 0.15) is 16.8 Å². The van der Waals surface area contributed by atoms with Crippen molar-refractivity contribution in [2.45, 2.75) is 6.42 Å². The molecule has 1 rings (SSSR count). The molecule has 0 atom stereocenters. The van der Waals surface area contributed by atoms with Crippen LogP contribution >= 0.6 is 15.9 Å². The van der Waals surface area contributed by atoms with Crippen molar-refractivity contribution in [2.75, 3.05) is 20.7 Å². The Morgan fingerprint density at radius 2 is 2.10 bits per heavy atom. The quantitative estimate of drug-likeness (QED) is 0.463. The average Bonchev–Trinajstić information content (AvgIpc) is 2.43. The molecule has 1 aromatic rings. The highest BCUT2D eigenvalue weighted by Gasteiger charge is 2.18. The van der Waals surface area contributed by atoms with Gasteiger partial charge in [0.1, 0.15) is 0 Å². The van der Waals surface area contributed by atoms with Crippen LogP contribution < -0.4 is 0 Å². The summed E-state index contributed by atoms with van der Waals surface area (Å²) in [5, 5.41) is 10.8. The van der Waals surface area contributed by atoms with E-state index in [0.29, 0.717) is 4.47 Å². The van der Waals surface area contributed by atoms with Gasteiger partial charge < -0.3 is 9.64 Å². The predicted molar refractivity (Wildman–Crippen MR) is 74.4 cm³/mol.